The zero-order valence-electron chi connectivity index (χ0n) is 10.1. The predicted molar refractivity (Wildman–Crippen MR) is 59.9 cm³/mol. The van der Waals surface area contributed by atoms with Gasteiger partial charge in [0.05, 0.1) is 6.10 Å². The predicted octanol–water partition coefficient (Wildman–Crippen LogP) is 1.65. The van der Waals surface area contributed by atoms with E-state index < -0.39 is 0 Å². The molecule has 0 aromatic carbocycles. The van der Waals surface area contributed by atoms with E-state index >= 15 is 0 Å². The first kappa shape index (κ1) is 12.3. The normalized spacial score (nSPS) is 26.4. The molecule has 4 heteroatoms. The van der Waals surface area contributed by atoms with Gasteiger partial charge < -0.3 is 15.4 Å². The first-order chi connectivity index (χ1) is 6.90. The average molecular weight is 214 g/mol. The molecular formula is C11H22N2O2. The van der Waals surface area contributed by atoms with E-state index in [1.807, 2.05) is 20.8 Å². The third-order valence-electron chi connectivity index (χ3n) is 2.54. The van der Waals surface area contributed by atoms with Crippen LogP contribution in [0.25, 0.3) is 0 Å². The lowest BCUT2D eigenvalue weighted by Crippen LogP contribution is -2.49. The van der Waals surface area contributed by atoms with Gasteiger partial charge in [-0.05, 0) is 40.0 Å². The minimum atomic E-state index is -0.177. The third kappa shape index (κ3) is 4.51. The minimum Gasteiger partial charge on any atom is -0.381 e. The summed E-state index contributed by atoms with van der Waals surface area (Å²) >= 11 is 0. The molecule has 0 saturated heterocycles. The smallest absolute Gasteiger partial charge is 0.315 e. The van der Waals surface area contributed by atoms with E-state index in [0.717, 1.165) is 19.3 Å². The Morgan fingerprint density at radius 2 is 2.00 bits per heavy atom. The lowest BCUT2D eigenvalue weighted by molar-refractivity contribution is 0.107. The number of hydrogen-bond donors (Lipinski definition) is 2. The van der Waals surface area contributed by atoms with Gasteiger partial charge in [0.1, 0.15) is 0 Å². The molecule has 88 valence electrons. The van der Waals surface area contributed by atoms with Crippen LogP contribution in [0.15, 0.2) is 0 Å². The molecule has 4 nitrogen and oxygen atoms in total. The van der Waals surface area contributed by atoms with Crippen LogP contribution in [0.5, 0.6) is 0 Å². The highest BCUT2D eigenvalue weighted by atomic mass is 16.5. The summed E-state index contributed by atoms with van der Waals surface area (Å²) in [4.78, 5) is 11.5. The number of carbonyl (C=O) groups is 1. The fraction of sp³-hybridized carbons (Fsp3) is 0.909. The lowest BCUT2D eigenvalue weighted by Gasteiger charge is -2.22. The molecule has 2 N–H and O–H groups in total. The monoisotopic (exact) mass is 214 g/mol. The third-order valence-corrected chi connectivity index (χ3v) is 2.54. The molecule has 2 atom stereocenters. The number of methoxy groups -OCH3 is 1. The van der Waals surface area contributed by atoms with E-state index in [1.165, 1.54) is 0 Å². The van der Waals surface area contributed by atoms with Gasteiger partial charge in [0.15, 0.2) is 0 Å². The average Bonchev–Trinajstić information content (AvgIpc) is 2.48. The molecule has 0 aromatic rings. The molecule has 2 unspecified atom stereocenters. The molecular weight excluding hydrogens is 192 g/mol. The van der Waals surface area contributed by atoms with Crippen molar-refractivity contribution >= 4 is 6.03 Å². The summed E-state index contributed by atoms with van der Waals surface area (Å²) in [5.74, 6) is 0. The van der Waals surface area contributed by atoms with Gasteiger partial charge in [-0.3, -0.25) is 0 Å². The van der Waals surface area contributed by atoms with Crippen LogP contribution in [0.3, 0.4) is 0 Å². The molecule has 15 heavy (non-hydrogen) atoms. The number of amides is 2. The Hall–Kier alpha value is -0.770. The van der Waals surface area contributed by atoms with Gasteiger partial charge in [0.25, 0.3) is 0 Å². The Balaban J connectivity index is 2.28. The fourth-order valence-corrected chi connectivity index (χ4v) is 1.85. The zero-order chi connectivity index (χ0) is 11.5. The Labute approximate surface area is 91.8 Å². The highest BCUT2D eigenvalue weighted by molar-refractivity contribution is 5.75. The minimum absolute atomic E-state index is 0.0794. The van der Waals surface area contributed by atoms with E-state index in [4.69, 9.17) is 4.74 Å². The van der Waals surface area contributed by atoms with E-state index in [0.29, 0.717) is 6.10 Å². The zero-order valence-corrected chi connectivity index (χ0v) is 10.1. The lowest BCUT2D eigenvalue weighted by atomic mass is 10.1. The maximum atomic E-state index is 11.5. The van der Waals surface area contributed by atoms with Crippen molar-refractivity contribution in [2.24, 2.45) is 0 Å². The standard InChI is InChI=1S/C11H22N2O2/c1-11(2,3)13-10(14)12-8-5-6-9(7-8)15-4/h8-9H,5-7H2,1-4H3,(H2,12,13,14). The van der Waals surface area contributed by atoms with E-state index in [1.54, 1.807) is 7.11 Å². The topological polar surface area (TPSA) is 50.4 Å². The van der Waals surface area contributed by atoms with Crippen molar-refractivity contribution in [3.63, 3.8) is 0 Å². The summed E-state index contributed by atoms with van der Waals surface area (Å²) in [6.07, 6.45) is 3.28. The summed E-state index contributed by atoms with van der Waals surface area (Å²) in [7, 11) is 1.72. The van der Waals surface area contributed by atoms with Gasteiger partial charge in [0.2, 0.25) is 0 Å². The molecule has 1 fully saturated rings. The molecule has 0 aliphatic heterocycles. The summed E-state index contributed by atoms with van der Waals surface area (Å²) in [6, 6.07) is 0.182. The number of hydrogen-bond acceptors (Lipinski definition) is 2. The van der Waals surface area contributed by atoms with Crippen LogP contribution in [-0.2, 0) is 4.74 Å². The van der Waals surface area contributed by atoms with Crippen LogP contribution in [0.1, 0.15) is 40.0 Å². The SMILES string of the molecule is COC1CCC(NC(=O)NC(C)(C)C)C1. The maximum absolute atomic E-state index is 11.5. The van der Waals surface area contributed by atoms with E-state index in [-0.39, 0.29) is 17.6 Å². The van der Waals surface area contributed by atoms with Crippen LogP contribution in [0.4, 0.5) is 4.79 Å². The van der Waals surface area contributed by atoms with Crippen LogP contribution in [-0.4, -0.2) is 30.8 Å². The number of urea groups is 1. The number of carbonyl (C=O) groups excluding carboxylic acids is 1. The highest BCUT2D eigenvalue weighted by Gasteiger charge is 2.26. The second kappa shape index (κ2) is 4.84. The fourth-order valence-electron chi connectivity index (χ4n) is 1.85. The van der Waals surface area contributed by atoms with Gasteiger partial charge in [-0.1, -0.05) is 0 Å². The van der Waals surface area contributed by atoms with Crippen molar-refractivity contribution in [2.45, 2.75) is 57.7 Å². The van der Waals surface area contributed by atoms with Crippen LogP contribution < -0.4 is 10.6 Å². The molecule has 2 amide bonds. The van der Waals surface area contributed by atoms with Crippen molar-refractivity contribution in [1.29, 1.82) is 0 Å². The molecule has 0 bridgehead atoms. The summed E-state index contributed by atoms with van der Waals surface area (Å²) in [6.45, 7) is 5.91. The van der Waals surface area contributed by atoms with Gasteiger partial charge in [-0.25, -0.2) is 4.79 Å². The summed E-state index contributed by atoms with van der Waals surface area (Å²) < 4.78 is 5.25. The van der Waals surface area contributed by atoms with Crippen LogP contribution in [0, 0.1) is 0 Å². The van der Waals surface area contributed by atoms with Crippen molar-refractivity contribution in [3.05, 3.63) is 0 Å². The Morgan fingerprint density at radius 1 is 1.33 bits per heavy atom. The molecule has 0 aromatic heterocycles. The maximum Gasteiger partial charge on any atom is 0.315 e. The highest BCUT2D eigenvalue weighted by Crippen LogP contribution is 2.21. The molecule has 1 aliphatic rings. The van der Waals surface area contributed by atoms with Gasteiger partial charge in [0, 0.05) is 18.7 Å². The second-order valence-electron chi connectivity index (χ2n) is 5.22. The van der Waals surface area contributed by atoms with Crippen molar-refractivity contribution in [1.82, 2.24) is 10.6 Å². The van der Waals surface area contributed by atoms with Crippen LogP contribution in [0.2, 0.25) is 0 Å². The van der Waals surface area contributed by atoms with Gasteiger partial charge in [-0.2, -0.15) is 0 Å². The molecule has 1 saturated carbocycles. The second-order valence-corrected chi connectivity index (χ2v) is 5.22. The quantitative estimate of drug-likeness (QED) is 0.734. The van der Waals surface area contributed by atoms with Crippen molar-refractivity contribution in [3.8, 4) is 0 Å². The summed E-state index contributed by atoms with van der Waals surface area (Å²) in [5.41, 5.74) is -0.177. The Morgan fingerprint density at radius 3 is 2.47 bits per heavy atom. The number of nitrogens with one attached hydrogen (secondary N) is 2. The van der Waals surface area contributed by atoms with Crippen LogP contribution >= 0.6 is 0 Å². The molecule has 1 rings (SSSR count). The van der Waals surface area contributed by atoms with E-state index in [2.05, 4.69) is 10.6 Å². The van der Waals surface area contributed by atoms with Crippen molar-refractivity contribution in [2.75, 3.05) is 7.11 Å². The first-order valence-electron chi connectivity index (χ1n) is 5.52. The molecule has 0 spiro atoms. The first-order valence-corrected chi connectivity index (χ1v) is 5.52. The largest absolute Gasteiger partial charge is 0.381 e. The summed E-state index contributed by atoms with van der Waals surface area (Å²) in [5, 5.41) is 5.86. The van der Waals surface area contributed by atoms with Crippen molar-refractivity contribution < 1.29 is 9.53 Å². The number of rotatable bonds is 2. The van der Waals surface area contributed by atoms with Gasteiger partial charge >= 0.3 is 6.03 Å². The van der Waals surface area contributed by atoms with Gasteiger partial charge in [-0.15, -0.1) is 0 Å². The Kier molecular flexibility index (Phi) is 3.97. The Bertz CT molecular complexity index is 223. The molecule has 0 radical (unpaired) electrons. The molecule has 0 heterocycles. The van der Waals surface area contributed by atoms with E-state index in [9.17, 15) is 4.79 Å². The number of ether oxygens (including phenoxy) is 1. The molecule has 1 aliphatic carbocycles.